The molecule has 0 N–H and O–H groups in total. The Balaban J connectivity index is 2.70. The topological polar surface area (TPSA) is 16.1 Å². The first kappa shape index (κ1) is 10.8. The number of anilines is 1. The molecule has 0 aliphatic heterocycles. The van der Waals surface area contributed by atoms with E-state index in [-0.39, 0.29) is 0 Å². The summed E-state index contributed by atoms with van der Waals surface area (Å²) in [6.07, 6.45) is 1.000. The van der Waals surface area contributed by atoms with Gasteiger partial charge in [0.2, 0.25) is 0 Å². The Hall–Kier alpha value is -0.280. The molecule has 1 unspecified atom stereocenters. The Morgan fingerprint density at radius 3 is 2.85 bits per heavy atom. The molecule has 0 fully saturated rings. The third-order valence-electron chi connectivity index (χ3n) is 2.09. The van der Waals surface area contributed by atoms with Gasteiger partial charge in [-0.25, -0.2) is 4.98 Å². The van der Waals surface area contributed by atoms with Crippen LogP contribution < -0.4 is 4.90 Å². The fourth-order valence-corrected chi connectivity index (χ4v) is 2.10. The molecule has 0 aliphatic carbocycles. The Kier molecular flexibility index (Phi) is 4.00. The molecule has 1 heterocycles. The van der Waals surface area contributed by atoms with Crippen molar-refractivity contribution in [2.24, 2.45) is 0 Å². The van der Waals surface area contributed by atoms with E-state index >= 15 is 0 Å². The summed E-state index contributed by atoms with van der Waals surface area (Å²) in [5.74, 6) is 0.636. The van der Waals surface area contributed by atoms with Crippen molar-refractivity contribution < 1.29 is 0 Å². The van der Waals surface area contributed by atoms with E-state index in [9.17, 15) is 0 Å². The van der Waals surface area contributed by atoms with Gasteiger partial charge in [0.1, 0.15) is 0 Å². The maximum absolute atomic E-state index is 5.77. The zero-order valence-corrected chi connectivity index (χ0v) is 9.82. The van der Waals surface area contributed by atoms with Gasteiger partial charge >= 0.3 is 0 Å². The molecular formula is C9H15ClN2S. The number of halogens is 1. The van der Waals surface area contributed by atoms with Crippen LogP contribution in [0.2, 0.25) is 0 Å². The minimum Gasteiger partial charge on any atom is -0.347 e. The first-order valence-electron chi connectivity index (χ1n) is 4.42. The maximum Gasteiger partial charge on any atom is 0.185 e. The fraction of sp³-hybridized carbons (Fsp3) is 0.667. The molecular weight excluding hydrogens is 204 g/mol. The van der Waals surface area contributed by atoms with E-state index in [1.807, 2.05) is 7.05 Å². The smallest absolute Gasteiger partial charge is 0.185 e. The van der Waals surface area contributed by atoms with Gasteiger partial charge in [-0.1, -0.05) is 6.92 Å². The van der Waals surface area contributed by atoms with Crippen LogP contribution in [-0.2, 0) is 6.42 Å². The third-order valence-corrected chi connectivity index (χ3v) is 3.51. The molecule has 1 aromatic rings. The largest absolute Gasteiger partial charge is 0.347 e. The number of hydrogen-bond acceptors (Lipinski definition) is 3. The predicted molar refractivity (Wildman–Crippen MR) is 60.1 cm³/mol. The molecule has 0 spiro atoms. The highest BCUT2D eigenvalue weighted by molar-refractivity contribution is 7.13. The highest BCUT2D eigenvalue weighted by Crippen LogP contribution is 2.21. The first-order valence-corrected chi connectivity index (χ1v) is 5.83. The lowest BCUT2D eigenvalue weighted by atomic mass is 10.3. The number of alkyl halides is 1. The van der Waals surface area contributed by atoms with Crippen LogP contribution in [0.4, 0.5) is 5.13 Å². The summed E-state index contributed by atoms with van der Waals surface area (Å²) in [5, 5.41) is 3.16. The van der Waals surface area contributed by atoms with Crippen LogP contribution in [0.15, 0.2) is 5.38 Å². The van der Waals surface area contributed by atoms with Crippen molar-refractivity contribution in [3.63, 3.8) is 0 Å². The molecule has 1 rings (SSSR count). The van der Waals surface area contributed by atoms with Gasteiger partial charge in [0.05, 0.1) is 5.69 Å². The van der Waals surface area contributed by atoms with E-state index in [1.54, 1.807) is 11.3 Å². The van der Waals surface area contributed by atoms with Crippen LogP contribution in [0.25, 0.3) is 0 Å². The normalized spacial score (nSPS) is 12.9. The molecule has 0 amide bonds. The van der Waals surface area contributed by atoms with E-state index < -0.39 is 0 Å². The second kappa shape index (κ2) is 4.82. The number of nitrogens with zero attached hydrogens (tertiary/aromatic N) is 2. The minimum atomic E-state index is 0.345. The fourth-order valence-electron chi connectivity index (χ4n) is 0.913. The average molecular weight is 219 g/mol. The molecule has 0 saturated heterocycles. The van der Waals surface area contributed by atoms with Gasteiger partial charge in [0.15, 0.2) is 5.13 Å². The second-order valence-electron chi connectivity index (χ2n) is 3.09. The zero-order valence-electron chi connectivity index (χ0n) is 8.25. The molecule has 0 bridgehead atoms. The van der Waals surface area contributed by atoms with Crippen molar-refractivity contribution in [1.82, 2.24) is 4.98 Å². The Bertz CT molecular complexity index is 262. The average Bonchev–Trinajstić information content (AvgIpc) is 2.63. The predicted octanol–water partition coefficient (Wildman–Crippen LogP) is 2.77. The van der Waals surface area contributed by atoms with Crippen molar-refractivity contribution in [2.45, 2.75) is 26.3 Å². The quantitative estimate of drug-likeness (QED) is 0.723. The first-order chi connectivity index (χ1) is 6.19. The lowest BCUT2D eigenvalue weighted by Gasteiger charge is -2.21. The standard InChI is InChI=1S/C9H15ClN2S/c1-4-8-6-13-9(11-8)12(3)7(2)5-10/h6-7H,4-5H2,1-3H3. The molecule has 2 nitrogen and oxygen atoms in total. The summed E-state index contributed by atoms with van der Waals surface area (Å²) in [7, 11) is 2.03. The maximum atomic E-state index is 5.77. The van der Waals surface area contributed by atoms with Crippen LogP contribution in [0.5, 0.6) is 0 Å². The number of aromatic nitrogens is 1. The number of rotatable bonds is 4. The van der Waals surface area contributed by atoms with Gasteiger partial charge in [0.25, 0.3) is 0 Å². The lowest BCUT2D eigenvalue weighted by molar-refractivity contribution is 0.756. The molecule has 0 aromatic carbocycles. The monoisotopic (exact) mass is 218 g/mol. The molecule has 0 saturated carbocycles. The highest BCUT2D eigenvalue weighted by Gasteiger charge is 2.11. The Morgan fingerprint density at radius 1 is 1.69 bits per heavy atom. The number of aryl methyl sites for hydroxylation is 1. The van der Waals surface area contributed by atoms with Crippen molar-refractivity contribution in [3.05, 3.63) is 11.1 Å². The van der Waals surface area contributed by atoms with E-state index in [2.05, 4.69) is 29.1 Å². The van der Waals surface area contributed by atoms with Gasteiger partial charge in [-0.05, 0) is 13.3 Å². The zero-order chi connectivity index (χ0) is 9.84. The molecule has 0 radical (unpaired) electrons. The van der Waals surface area contributed by atoms with Gasteiger partial charge in [0, 0.05) is 24.3 Å². The van der Waals surface area contributed by atoms with Crippen LogP contribution in [-0.4, -0.2) is 24.0 Å². The van der Waals surface area contributed by atoms with Crippen LogP contribution >= 0.6 is 22.9 Å². The Labute approximate surface area is 88.5 Å². The van der Waals surface area contributed by atoms with Gasteiger partial charge < -0.3 is 4.90 Å². The van der Waals surface area contributed by atoms with Crippen molar-refractivity contribution in [1.29, 1.82) is 0 Å². The lowest BCUT2D eigenvalue weighted by Crippen LogP contribution is -2.29. The molecule has 4 heteroatoms. The molecule has 74 valence electrons. The summed E-state index contributed by atoms with van der Waals surface area (Å²) >= 11 is 7.45. The van der Waals surface area contributed by atoms with E-state index in [0.29, 0.717) is 11.9 Å². The summed E-state index contributed by atoms with van der Waals surface area (Å²) in [5.41, 5.74) is 1.16. The van der Waals surface area contributed by atoms with Gasteiger partial charge in [-0.15, -0.1) is 22.9 Å². The van der Waals surface area contributed by atoms with E-state index in [1.165, 1.54) is 0 Å². The van der Waals surface area contributed by atoms with Crippen molar-refractivity contribution in [3.8, 4) is 0 Å². The van der Waals surface area contributed by atoms with E-state index in [4.69, 9.17) is 11.6 Å². The SMILES string of the molecule is CCc1csc(N(C)C(C)CCl)n1. The third kappa shape index (κ3) is 2.58. The Morgan fingerprint density at radius 2 is 2.38 bits per heavy atom. The van der Waals surface area contributed by atoms with Gasteiger partial charge in [-0.2, -0.15) is 0 Å². The highest BCUT2D eigenvalue weighted by atomic mass is 35.5. The number of hydrogen-bond donors (Lipinski definition) is 0. The molecule has 13 heavy (non-hydrogen) atoms. The summed E-state index contributed by atoms with van der Waals surface area (Å²) in [4.78, 5) is 6.61. The minimum absolute atomic E-state index is 0.345. The summed E-state index contributed by atoms with van der Waals surface area (Å²) in [6.45, 7) is 4.21. The number of thiazole rings is 1. The molecule has 1 aromatic heterocycles. The van der Waals surface area contributed by atoms with Crippen LogP contribution in [0, 0.1) is 0 Å². The van der Waals surface area contributed by atoms with Crippen molar-refractivity contribution in [2.75, 3.05) is 17.8 Å². The van der Waals surface area contributed by atoms with Gasteiger partial charge in [-0.3, -0.25) is 0 Å². The van der Waals surface area contributed by atoms with Crippen molar-refractivity contribution >= 4 is 28.1 Å². The molecule has 0 aliphatic rings. The summed E-state index contributed by atoms with van der Waals surface area (Å²) < 4.78 is 0. The van der Waals surface area contributed by atoms with E-state index in [0.717, 1.165) is 17.2 Å². The second-order valence-corrected chi connectivity index (χ2v) is 4.23. The summed E-state index contributed by atoms with van der Waals surface area (Å²) in [6, 6.07) is 0.345. The molecule has 1 atom stereocenters. The van der Waals surface area contributed by atoms with Crippen LogP contribution in [0.3, 0.4) is 0 Å². The van der Waals surface area contributed by atoms with Crippen LogP contribution in [0.1, 0.15) is 19.5 Å².